The third kappa shape index (κ3) is 6.91. The zero-order chi connectivity index (χ0) is 11.7. The van der Waals surface area contributed by atoms with Gasteiger partial charge in [-0.25, -0.2) is 0 Å². The molecule has 2 nitrogen and oxygen atoms in total. The lowest BCUT2D eigenvalue weighted by molar-refractivity contribution is 0.00508. The summed E-state index contributed by atoms with van der Waals surface area (Å²) in [7, 11) is 0. The Bertz CT molecular complexity index is 136. The molecule has 0 saturated heterocycles. The van der Waals surface area contributed by atoms with E-state index in [1.807, 2.05) is 0 Å². The molecule has 0 aliphatic heterocycles. The van der Waals surface area contributed by atoms with Crippen LogP contribution < -0.4 is 5.73 Å². The number of hydrogen-bond acceptors (Lipinski definition) is 2. The average molecular weight is 215 g/mol. The number of unbranched alkanes of at least 4 members (excludes halogenated alkanes) is 1. The fourth-order valence-corrected chi connectivity index (χ4v) is 1.69. The molecular weight excluding hydrogens is 186 g/mol. The van der Waals surface area contributed by atoms with Crippen LogP contribution in [0.4, 0.5) is 0 Å². The van der Waals surface area contributed by atoms with Gasteiger partial charge in [0.2, 0.25) is 0 Å². The van der Waals surface area contributed by atoms with Crippen molar-refractivity contribution in [2.45, 2.75) is 59.5 Å². The van der Waals surface area contributed by atoms with Gasteiger partial charge >= 0.3 is 0 Å². The van der Waals surface area contributed by atoms with Crippen LogP contribution in [0.15, 0.2) is 0 Å². The largest absolute Gasteiger partial charge is 0.376 e. The molecule has 2 N–H and O–H groups in total. The first-order chi connectivity index (χ1) is 7.15. The van der Waals surface area contributed by atoms with E-state index in [2.05, 4.69) is 27.7 Å². The van der Waals surface area contributed by atoms with Crippen molar-refractivity contribution in [2.24, 2.45) is 17.6 Å². The molecule has 0 aromatic rings. The third-order valence-electron chi connectivity index (χ3n) is 3.07. The molecule has 2 atom stereocenters. The Kier molecular flexibility index (Phi) is 9.12. The van der Waals surface area contributed by atoms with Crippen molar-refractivity contribution in [3.05, 3.63) is 0 Å². The zero-order valence-electron chi connectivity index (χ0n) is 11.0. The molecule has 0 spiro atoms. The molecule has 0 radical (unpaired) electrons. The fraction of sp³-hybridized carbons (Fsp3) is 1.00. The zero-order valence-corrected chi connectivity index (χ0v) is 11.0. The smallest absolute Gasteiger partial charge is 0.0720 e. The van der Waals surface area contributed by atoms with E-state index in [0.717, 1.165) is 12.5 Å². The molecule has 2 unspecified atom stereocenters. The minimum absolute atomic E-state index is 0.237. The summed E-state index contributed by atoms with van der Waals surface area (Å²) in [6.07, 6.45) is 5.34. The quantitative estimate of drug-likeness (QED) is 0.641. The van der Waals surface area contributed by atoms with Crippen LogP contribution in [-0.2, 0) is 4.74 Å². The number of nitrogens with two attached hydrogens (primary N) is 1. The molecule has 0 rings (SSSR count). The van der Waals surface area contributed by atoms with Gasteiger partial charge in [0, 0.05) is 13.2 Å². The van der Waals surface area contributed by atoms with Gasteiger partial charge in [-0.3, -0.25) is 0 Å². The van der Waals surface area contributed by atoms with Crippen LogP contribution in [0.5, 0.6) is 0 Å². The van der Waals surface area contributed by atoms with Gasteiger partial charge in [-0.2, -0.15) is 0 Å². The van der Waals surface area contributed by atoms with Crippen molar-refractivity contribution in [3.63, 3.8) is 0 Å². The summed E-state index contributed by atoms with van der Waals surface area (Å²) in [6.45, 7) is 10.4. The van der Waals surface area contributed by atoms with Crippen molar-refractivity contribution >= 4 is 0 Å². The van der Waals surface area contributed by atoms with Crippen molar-refractivity contribution < 1.29 is 4.74 Å². The first-order valence-corrected chi connectivity index (χ1v) is 6.47. The molecule has 0 aromatic carbocycles. The van der Waals surface area contributed by atoms with Crippen LogP contribution in [0, 0.1) is 11.8 Å². The average Bonchev–Trinajstić information content (AvgIpc) is 2.23. The lowest BCUT2D eigenvalue weighted by atomic mass is 10.00. The van der Waals surface area contributed by atoms with Gasteiger partial charge < -0.3 is 10.5 Å². The van der Waals surface area contributed by atoms with E-state index in [4.69, 9.17) is 10.5 Å². The minimum atomic E-state index is 0.237. The number of hydrogen-bond donors (Lipinski definition) is 1. The van der Waals surface area contributed by atoms with E-state index in [0.29, 0.717) is 12.5 Å². The molecule has 92 valence electrons. The Morgan fingerprint density at radius 3 is 2.27 bits per heavy atom. The van der Waals surface area contributed by atoms with Crippen LogP contribution in [0.25, 0.3) is 0 Å². The van der Waals surface area contributed by atoms with Crippen molar-refractivity contribution in [3.8, 4) is 0 Å². The Labute approximate surface area is 95.6 Å². The second-order valence-corrected chi connectivity index (χ2v) is 4.77. The molecule has 0 bridgehead atoms. The first kappa shape index (κ1) is 14.9. The molecule has 0 aliphatic rings. The second kappa shape index (κ2) is 9.17. The molecule has 0 heterocycles. The Hall–Kier alpha value is -0.0800. The summed E-state index contributed by atoms with van der Waals surface area (Å²) in [5.74, 6) is 1.25. The fourth-order valence-electron chi connectivity index (χ4n) is 1.69. The second-order valence-electron chi connectivity index (χ2n) is 4.77. The number of rotatable bonds is 9. The molecule has 15 heavy (non-hydrogen) atoms. The van der Waals surface area contributed by atoms with Crippen molar-refractivity contribution in [1.29, 1.82) is 0 Å². The molecule has 2 heteroatoms. The molecule has 0 fully saturated rings. The Morgan fingerprint density at radius 2 is 1.87 bits per heavy atom. The lowest BCUT2D eigenvalue weighted by Crippen LogP contribution is -2.30. The minimum Gasteiger partial charge on any atom is -0.376 e. The van der Waals surface area contributed by atoms with E-state index in [1.54, 1.807) is 0 Å². The van der Waals surface area contributed by atoms with Crippen LogP contribution in [0.3, 0.4) is 0 Å². The maximum absolute atomic E-state index is 5.88. The summed E-state index contributed by atoms with van der Waals surface area (Å²) >= 11 is 0. The van der Waals surface area contributed by atoms with Crippen LogP contribution in [0.2, 0.25) is 0 Å². The summed E-state index contributed by atoms with van der Waals surface area (Å²) in [4.78, 5) is 0. The highest BCUT2D eigenvalue weighted by Gasteiger charge is 2.14. The predicted molar refractivity (Wildman–Crippen MR) is 66.9 cm³/mol. The van der Waals surface area contributed by atoms with Gasteiger partial charge in [0.1, 0.15) is 0 Å². The summed E-state index contributed by atoms with van der Waals surface area (Å²) in [5.41, 5.74) is 5.68. The maximum atomic E-state index is 5.88. The topological polar surface area (TPSA) is 35.2 Å². The van der Waals surface area contributed by atoms with Crippen molar-refractivity contribution in [2.75, 3.05) is 13.2 Å². The van der Waals surface area contributed by atoms with Gasteiger partial charge in [-0.1, -0.05) is 47.0 Å². The van der Waals surface area contributed by atoms with Crippen LogP contribution in [-0.4, -0.2) is 19.3 Å². The van der Waals surface area contributed by atoms with E-state index in [9.17, 15) is 0 Å². The van der Waals surface area contributed by atoms with Gasteiger partial charge in [-0.05, 0) is 18.3 Å². The predicted octanol–water partition coefficient (Wildman–Crippen LogP) is 3.20. The van der Waals surface area contributed by atoms with Gasteiger partial charge in [0.05, 0.1) is 6.10 Å². The number of ether oxygens (including phenoxy) is 1. The Morgan fingerprint density at radius 1 is 1.20 bits per heavy atom. The van der Waals surface area contributed by atoms with Crippen LogP contribution in [0.1, 0.15) is 53.4 Å². The molecule has 0 aliphatic carbocycles. The van der Waals surface area contributed by atoms with Crippen LogP contribution >= 0.6 is 0 Å². The highest BCUT2D eigenvalue weighted by Crippen LogP contribution is 2.15. The highest BCUT2D eigenvalue weighted by molar-refractivity contribution is 4.65. The lowest BCUT2D eigenvalue weighted by Gasteiger charge is -2.23. The Balaban J connectivity index is 3.76. The molecule has 0 saturated carbocycles. The highest BCUT2D eigenvalue weighted by atomic mass is 16.5. The summed E-state index contributed by atoms with van der Waals surface area (Å²) in [5, 5.41) is 0. The first-order valence-electron chi connectivity index (χ1n) is 6.47. The van der Waals surface area contributed by atoms with E-state index in [1.165, 1.54) is 25.7 Å². The third-order valence-corrected chi connectivity index (χ3v) is 3.07. The van der Waals surface area contributed by atoms with Crippen molar-refractivity contribution in [1.82, 2.24) is 0 Å². The summed E-state index contributed by atoms with van der Waals surface area (Å²) in [6, 6.07) is 0. The molecule has 0 amide bonds. The van der Waals surface area contributed by atoms with Gasteiger partial charge in [-0.15, -0.1) is 0 Å². The molecule has 0 aromatic heterocycles. The standard InChI is InChI=1S/C13H29NO/c1-5-7-8-12(6-2)10-15-13(9-14)11(3)4/h11-13H,5-10,14H2,1-4H3. The SMILES string of the molecule is CCCCC(CC)COC(CN)C(C)C. The van der Waals surface area contributed by atoms with E-state index >= 15 is 0 Å². The van der Waals surface area contributed by atoms with Gasteiger partial charge in [0.25, 0.3) is 0 Å². The maximum Gasteiger partial charge on any atom is 0.0720 e. The normalized spacial score (nSPS) is 15.6. The summed E-state index contributed by atoms with van der Waals surface area (Å²) < 4.78 is 5.88. The van der Waals surface area contributed by atoms with E-state index < -0.39 is 0 Å². The van der Waals surface area contributed by atoms with Gasteiger partial charge in [0.15, 0.2) is 0 Å². The molecular formula is C13H29NO. The monoisotopic (exact) mass is 215 g/mol. The van der Waals surface area contributed by atoms with E-state index in [-0.39, 0.29) is 6.10 Å².